The number of carbonyl (C=O) groups is 1. The van der Waals surface area contributed by atoms with E-state index < -0.39 is 11.9 Å². The van der Waals surface area contributed by atoms with Gasteiger partial charge in [-0.25, -0.2) is 4.39 Å². The van der Waals surface area contributed by atoms with Crippen molar-refractivity contribution in [3.05, 3.63) is 35.8 Å². The number of hydrogen-bond donors (Lipinski definition) is 0. The van der Waals surface area contributed by atoms with Crippen molar-refractivity contribution in [3.8, 4) is 12.3 Å². The molecule has 1 aromatic carbocycles. The minimum atomic E-state index is -0.604. The molecule has 0 fully saturated rings. The number of nitrogens with zero attached hydrogens (tertiary/aromatic N) is 1. The van der Waals surface area contributed by atoms with Crippen LogP contribution in [-0.4, -0.2) is 24.8 Å². The first-order valence-electron chi connectivity index (χ1n) is 5.44. The number of terminal acetylenes is 1. The second-order valence-corrected chi connectivity index (χ2v) is 4.01. The van der Waals surface area contributed by atoms with Gasteiger partial charge in [-0.2, -0.15) is 0 Å². The van der Waals surface area contributed by atoms with Crippen LogP contribution in [0, 0.1) is 18.2 Å². The molecule has 0 amide bonds. The van der Waals surface area contributed by atoms with Gasteiger partial charge in [-0.15, -0.1) is 6.42 Å². The van der Waals surface area contributed by atoms with Gasteiger partial charge in [-0.3, -0.25) is 4.90 Å². The molecule has 0 N–H and O–H groups in total. The van der Waals surface area contributed by atoms with Crippen LogP contribution in [0.1, 0.15) is 11.8 Å². The largest absolute Gasteiger partial charge is 0.456 e. The normalized spacial score (nSPS) is 12.6. The van der Waals surface area contributed by atoms with Gasteiger partial charge in [0.1, 0.15) is 18.1 Å². The number of fused-ring (bicyclic) bond motifs is 1. The number of hydrogen-bond acceptors (Lipinski definition) is 3. The van der Waals surface area contributed by atoms with Crippen molar-refractivity contribution in [2.75, 3.05) is 13.6 Å². The van der Waals surface area contributed by atoms with Crippen molar-refractivity contribution >= 4 is 17.3 Å². The van der Waals surface area contributed by atoms with E-state index in [1.165, 1.54) is 6.07 Å². The number of benzene rings is 1. The highest BCUT2D eigenvalue weighted by atomic mass is 19.1. The van der Waals surface area contributed by atoms with Gasteiger partial charge in [-0.1, -0.05) is 18.1 Å². The van der Waals surface area contributed by atoms with Crippen LogP contribution >= 0.6 is 0 Å². The first kappa shape index (κ1) is 12.3. The van der Waals surface area contributed by atoms with Gasteiger partial charge in [-0.05, 0) is 19.2 Å². The minimum Gasteiger partial charge on any atom is -0.456 e. The summed E-state index contributed by atoms with van der Waals surface area (Å²) >= 11 is 0. The van der Waals surface area contributed by atoms with Crippen molar-refractivity contribution in [1.29, 1.82) is 0 Å². The van der Waals surface area contributed by atoms with Crippen molar-refractivity contribution in [2.45, 2.75) is 6.04 Å². The summed E-state index contributed by atoms with van der Waals surface area (Å²) in [7, 11) is 1.71. The molecule has 0 aliphatic rings. The molecule has 0 radical (unpaired) electrons. The number of likely N-dealkylation sites (N-methyl/N-ethyl adjacent to an activating group) is 1. The Balaban J connectivity index is 2.43. The number of furan rings is 1. The molecule has 1 unspecified atom stereocenters. The molecule has 1 aromatic heterocycles. The Morgan fingerprint density at radius 3 is 3.00 bits per heavy atom. The van der Waals surface area contributed by atoms with Crippen LogP contribution in [-0.2, 0) is 4.79 Å². The maximum Gasteiger partial charge on any atom is 0.169 e. The number of carbonyl (C=O) groups excluding carboxylic acids is 1. The van der Waals surface area contributed by atoms with E-state index in [9.17, 15) is 9.18 Å². The fourth-order valence-electron chi connectivity index (χ4n) is 1.82. The van der Waals surface area contributed by atoms with Crippen LogP contribution < -0.4 is 0 Å². The Hall–Kier alpha value is -2.12. The van der Waals surface area contributed by atoms with Crippen LogP contribution in [0.3, 0.4) is 0 Å². The van der Waals surface area contributed by atoms with Gasteiger partial charge in [0.15, 0.2) is 11.4 Å². The summed E-state index contributed by atoms with van der Waals surface area (Å²) in [6.07, 6.45) is 5.93. The van der Waals surface area contributed by atoms with Gasteiger partial charge in [0.2, 0.25) is 0 Å². The molecule has 2 rings (SSSR count). The summed E-state index contributed by atoms with van der Waals surface area (Å²) in [5.74, 6) is 2.40. The molecule has 0 spiro atoms. The lowest BCUT2D eigenvalue weighted by atomic mass is 10.2. The van der Waals surface area contributed by atoms with Crippen LogP contribution in [0.4, 0.5) is 4.39 Å². The lowest BCUT2D eigenvalue weighted by Crippen LogP contribution is -2.25. The zero-order chi connectivity index (χ0) is 13.1. The first-order chi connectivity index (χ1) is 8.67. The Labute approximate surface area is 104 Å². The van der Waals surface area contributed by atoms with E-state index in [2.05, 4.69) is 5.92 Å². The fraction of sp³-hybridized carbons (Fsp3) is 0.214. The average molecular weight is 245 g/mol. The molecule has 3 nitrogen and oxygen atoms in total. The molecular formula is C14H12FNO2. The SMILES string of the molecule is C#CCN(C)C(C=O)c1cc2cccc(F)c2o1. The molecule has 0 aliphatic heterocycles. The number of halogens is 1. The van der Waals surface area contributed by atoms with Gasteiger partial charge < -0.3 is 9.21 Å². The van der Waals surface area contributed by atoms with E-state index in [-0.39, 0.29) is 5.58 Å². The summed E-state index contributed by atoms with van der Waals surface area (Å²) in [4.78, 5) is 12.8. The highest BCUT2D eigenvalue weighted by Crippen LogP contribution is 2.27. The summed E-state index contributed by atoms with van der Waals surface area (Å²) < 4.78 is 18.9. The minimum absolute atomic E-state index is 0.161. The highest BCUT2D eigenvalue weighted by Gasteiger charge is 2.20. The predicted octanol–water partition coefficient (Wildman–Crippen LogP) is 2.38. The molecule has 1 atom stereocenters. The lowest BCUT2D eigenvalue weighted by Gasteiger charge is -2.18. The van der Waals surface area contributed by atoms with Crippen molar-refractivity contribution in [1.82, 2.24) is 4.90 Å². The molecule has 2 aromatic rings. The maximum absolute atomic E-state index is 13.5. The van der Waals surface area contributed by atoms with E-state index in [1.807, 2.05) is 0 Å². The Morgan fingerprint density at radius 1 is 1.61 bits per heavy atom. The van der Waals surface area contributed by atoms with Crippen LogP contribution in [0.5, 0.6) is 0 Å². The molecule has 0 saturated carbocycles. The summed E-state index contributed by atoms with van der Waals surface area (Å²) in [6, 6.07) is 5.70. The van der Waals surface area contributed by atoms with E-state index in [0.29, 0.717) is 17.7 Å². The highest BCUT2D eigenvalue weighted by molar-refractivity contribution is 5.79. The molecule has 1 heterocycles. The van der Waals surface area contributed by atoms with Crippen molar-refractivity contribution < 1.29 is 13.6 Å². The fourth-order valence-corrected chi connectivity index (χ4v) is 1.82. The van der Waals surface area contributed by atoms with E-state index in [4.69, 9.17) is 10.8 Å². The summed E-state index contributed by atoms with van der Waals surface area (Å²) in [5, 5.41) is 0.631. The van der Waals surface area contributed by atoms with Gasteiger partial charge in [0.25, 0.3) is 0 Å². The Bertz CT molecular complexity index is 612. The predicted molar refractivity (Wildman–Crippen MR) is 66.4 cm³/mol. The topological polar surface area (TPSA) is 33.5 Å². The van der Waals surface area contributed by atoms with Crippen LogP contribution in [0.2, 0.25) is 0 Å². The van der Waals surface area contributed by atoms with Crippen molar-refractivity contribution in [3.63, 3.8) is 0 Å². The molecule has 0 bridgehead atoms. The third kappa shape index (κ3) is 2.13. The second kappa shape index (κ2) is 5.03. The molecule has 0 aliphatic carbocycles. The Morgan fingerprint density at radius 2 is 2.39 bits per heavy atom. The molecule has 18 heavy (non-hydrogen) atoms. The van der Waals surface area contributed by atoms with E-state index >= 15 is 0 Å². The lowest BCUT2D eigenvalue weighted by molar-refractivity contribution is -0.112. The third-order valence-electron chi connectivity index (χ3n) is 2.75. The monoisotopic (exact) mass is 245 g/mol. The Kier molecular flexibility index (Phi) is 3.45. The zero-order valence-corrected chi connectivity index (χ0v) is 9.89. The molecule has 0 saturated heterocycles. The number of para-hydroxylation sites is 1. The van der Waals surface area contributed by atoms with Crippen molar-refractivity contribution in [2.24, 2.45) is 0 Å². The van der Waals surface area contributed by atoms with E-state index in [0.717, 1.165) is 6.29 Å². The van der Waals surface area contributed by atoms with Gasteiger partial charge in [0, 0.05) is 5.39 Å². The molecule has 92 valence electrons. The third-order valence-corrected chi connectivity index (χ3v) is 2.75. The second-order valence-electron chi connectivity index (χ2n) is 4.01. The smallest absolute Gasteiger partial charge is 0.169 e. The van der Waals surface area contributed by atoms with Gasteiger partial charge >= 0.3 is 0 Å². The maximum atomic E-state index is 13.5. The van der Waals surface area contributed by atoms with Gasteiger partial charge in [0.05, 0.1) is 6.54 Å². The van der Waals surface area contributed by atoms with Crippen LogP contribution in [0.15, 0.2) is 28.7 Å². The standard InChI is InChI=1S/C14H12FNO2/c1-3-7-16(2)12(9-17)13-8-10-5-4-6-11(15)14(10)18-13/h1,4-6,8-9,12H,7H2,2H3. The zero-order valence-electron chi connectivity index (χ0n) is 9.89. The average Bonchev–Trinajstić information content (AvgIpc) is 2.75. The quantitative estimate of drug-likeness (QED) is 0.612. The number of aldehydes is 1. The molecule has 4 heteroatoms. The van der Waals surface area contributed by atoms with E-state index in [1.54, 1.807) is 30.1 Å². The molecular weight excluding hydrogens is 233 g/mol. The first-order valence-corrected chi connectivity index (χ1v) is 5.44. The van der Waals surface area contributed by atoms with Crippen LogP contribution in [0.25, 0.3) is 11.0 Å². The number of rotatable bonds is 4. The summed E-state index contributed by atoms with van der Waals surface area (Å²) in [5.41, 5.74) is 0.161. The summed E-state index contributed by atoms with van der Waals surface area (Å²) in [6.45, 7) is 0.308.